The Morgan fingerprint density at radius 1 is 1.31 bits per heavy atom. The maximum Gasteiger partial charge on any atom is 0.0746 e. The topological polar surface area (TPSA) is 32.3 Å². The van der Waals surface area contributed by atoms with Crippen molar-refractivity contribution in [3.63, 3.8) is 0 Å². The quantitative estimate of drug-likeness (QED) is 0.757. The van der Waals surface area contributed by atoms with E-state index in [0.717, 1.165) is 18.9 Å². The van der Waals surface area contributed by atoms with Gasteiger partial charge in [-0.25, -0.2) is 0 Å². The summed E-state index contributed by atoms with van der Waals surface area (Å²) in [4.78, 5) is 0. The second-order valence-corrected chi connectivity index (χ2v) is 6.34. The summed E-state index contributed by atoms with van der Waals surface area (Å²) >= 11 is 0. The predicted molar refractivity (Wildman–Crippen MR) is 69.5 cm³/mol. The van der Waals surface area contributed by atoms with Gasteiger partial charge in [0.2, 0.25) is 0 Å². The highest BCUT2D eigenvalue weighted by Crippen LogP contribution is 2.24. The Morgan fingerprint density at radius 2 is 1.94 bits per heavy atom. The molecule has 1 fully saturated rings. The SMILES string of the molecule is CC(C)CC(C)(O)CNC1CCCCC1C. The van der Waals surface area contributed by atoms with Crippen LogP contribution >= 0.6 is 0 Å². The smallest absolute Gasteiger partial charge is 0.0746 e. The van der Waals surface area contributed by atoms with Crippen LogP contribution < -0.4 is 5.32 Å². The van der Waals surface area contributed by atoms with Gasteiger partial charge in [0, 0.05) is 12.6 Å². The van der Waals surface area contributed by atoms with E-state index in [-0.39, 0.29) is 0 Å². The Hall–Kier alpha value is -0.0800. The van der Waals surface area contributed by atoms with Crippen LogP contribution in [0.3, 0.4) is 0 Å². The minimum Gasteiger partial charge on any atom is -0.389 e. The molecule has 1 rings (SSSR count). The largest absolute Gasteiger partial charge is 0.389 e. The Labute approximate surface area is 101 Å². The minimum atomic E-state index is -0.550. The lowest BCUT2D eigenvalue weighted by Crippen LogP contribution is -2.46. The van der Waals surface area contributed by atoms with E-state index < -0.39 is 5.60 Å². The van der Waals surface area contributed by atoms with Crippen molar-refractivity contribution in [1.82, 2.24) is 5.32 Å². The van der Waals surface area contributed by atoms with Gasteiger partial charge >= 0.3 is 0 Å². The standard InChI is InChI=1S/C14H29NO/c1-11(2)9-14(4,16)10-15-13-8-6-5-7-12(13)3/h11-13,15-16H,5-10H2,1-4H3. The van der Waals surface area contributed by atoms with E-state index >= 15 is 0 Å². The summed E-state index contributed by atoms with van der Waals surface area (Å²) in [5.74, 6) is 1.32. The first-order chi connectivity index (χ1) is 7.41. The molecule has 0 aromatic heterocycles. The highest BCUT2D eigenvalue weighted by molar-refractivity contribution is 4.83. The van der Waals surface area contributed by atoms with Gasteiger partial charge < -0.3 is 10.4 Å². The van der Waals surface area contributed by atoms with Crippen molar-refractivity contribution in [2.24, 2.45) is 11.8 Å². The number of aliphatic hydroxyl groups is 1. The van der Waals surface area contributed by atoms with E-state index in [2.05, 4.69) is 26.1 Å². The van der Waals surface area contributed by atoms with E-state index in [4.69, 9.17) is 0 Å². The summed E-state index contributed by atoms with van der Waals surface area (Å²) in [6.07, 6.45) is 6.21. The fourth-order valence-electron chi connectivity index (χ4n) is 2.92. The number of hydrogen-bond donors (Lipinski definition) is 2. The van der Waals surface area contributed by atoms with Gasteiger partial charge in [-0.2, -0.15) is 0 Å². The lowest BCUT2D eigenvalue weighted by molar-refractivity contribution is 0.0324. The van der Waals surface area contributed by atoms with Crippen molar-refractivity contribution < 1.29 is 5.11 Å². The van der Waals surface area contributed by atoms with Crippen LogP contribution in [0.5, 0.6) is 0 Å². The third kappa shape index (κ3) is 4.84. The monoisotopic (exact) mass is 227 g/mol. The zero-order valence-corrected chi connectivity index (χ0v) is 11.4. The highest BCUT2D eigenvalue weighted by Gasteiger charge is 2.26. The average Bonchev–Trinajstić information content (AvgIpc) is 2.14. The molecule has 96 valence electrons. The lowest BCUT2D eigenvalue weighted by atomic mass is 9.85. The summed E-state index contributed by atoms with van der Waals surface area (Å²) in [7, 11) is 0. The molecule has 0 aliphatic heterocycles. The molecule has 0 aromatic carbocycles. The number of hydrogen-bond acceptors (Lipinski definition) is 2. The van der Waals surface area contributed by atoms with Crippen molar-refractivity contribution in [3.8, 4) is 0 Å². The fraction of sp³-hybridized carbons (Fsp3) is 1.00. The molecule has 2 heteroatoms. The van der Waals surface area contributed by atoms with Crippen LogP contribution in [0.4, 0.5) is 0 Å². The highest BCUT2D eigenvalue weighted by atomic mass is 16.3. The fourth-order valence-corrected chi connectivity index (χ4v) is 2.92. The van der Waals surface area contributed by atoms with Crippen molar-refractivity contribution >= 4 is 0 Å². The number of nitrogens with one attached hydrogen (secondary N) is 1. The molecule has 2 N–H and O–H groups in total. The van der Waals surface area contributed by atoms with E-state index in [0.29, 0.717) is 12.0 Å². The van der Waals surface area contributed by atoms with Crippen LogP contribution in [0.1, 0.15) is 59.8 Å². The van der Waals surface area contributed by atoms with Gasteiger partial charge in [0.25, 0.3) is 0 Å². The molecule has 0 spiro atoms. The first kappa shape index (κ1) is 14.0. The molecule has 0 amide bonds. The second-order valence-electron chi connectivity index (χ2n) is 6.34. The van der Waals surface area contributed by atoms with Gasteiger partial charge in [0.05, 0.1) is 5.60 Å². The molecule has 0 radical (unpaired) electrons. The maximum absolute atomic E-state index is 10.2. The normalized spacial score (nSPS) is 30.4. The predicted octanol–water partition coefficient (Wildman–Crippen LogP) is 2.95. The molecule has 1 aliphatic carbocycles. The van der Waals surface area contributed by atoms with Gasteiger partial charge in [-0.1, -0.05) is 33.6 Å². The van der Waals surface area contributed by atoms with Crippen LogP contribution in [0, 0.1) is 11.8 Å². The molecule has 1 aliphatic rings. The van der Waals surface area contributed by atoms with E-state index in [1.807, 2.05) is 6.92 Å². The van der Waals surface area contributed by atoms with Gasteiger partial charge in [-0.05, 0) is 38.0 Å². The molecule has 0 saturated heterocycles. The second kappa shape index (κ2) is 6.02. The molecular formula is C14H29NO. The van der Waals surface area contributed by atoms with Crippen LogP contribution in [0.15, 0.2) is 0 Å². The molecule has 2 nitrogen and oxygen atoms in total. The van der Waals surface area contributed by atoms with Gasteiger partial charge in [0.1, 0.15) is 0 Å². The zero-order chi connectivity index (χ0) is 12.2. The summed E-state index contributed by atoms with van der Waals surface area (Å²) in [5.41, 5.74) is -0.550. The van der Waals surface area contributed by atoms with Crippen molar-refractivity contribution in [2.75, 3.05) is 6.54 Å². The van der Waals surface area contributed by atoms with Crippen LogP contribution in [-0.2, 0) is 0 Å². The summed E-state index contributed by atoms with van der Waals surface area (Å²) in [6.45, 7) is 9.34. The Balaban J connectivity index is 2.31. The molecule has 3 atom stereocenters. The van der Waals surface area contributed by atoms with Gasteiger partial charge in [-0.15, -0.1) is 0 Å². The van der Waals surface area contributed by atoms with E-state index in [1.165, 1.54) is 25.7 Å². The first-order valence-electron chi connectivity index (χ1n) is 6.86. The molecular weight excluding hydrogens is 198 g/mol. The van der Waals surface area contributed by atoms with Crippen molar-refractivity contribution in [3.05, 3.63) is 0 Å². The van der Waals surface area contributed by atoms with Gasteiger partial charge in [-0.3, -0.25) is 0 Å². The van der Waals surface area contributed by atoms with Crippen molar-refractivity contribution in [2.45, 2.75) is 71.4 Å². The third-order valence-corrected chi connectivity index (χ3v) is 3.70. The van der Waals surface area contributed by atoms with Crippen LogP contribution in [0.25, 0.3) is 0 Å². The Morgan fingerprint density at radius 3 is 2.50 bits per heavy atom. The van der Waals surface area contributed by atoms with E-state index in [1.54, 1.807) is 0 Å². The van der Waals surface area contributed by atoms with Crippen molar-refractivity contribution in [1.29, 1.82) is 0 Å². The molecule has 1 saturated carbocycles. The van der Waals surface area contributed by atoms with Crippen LogP contribution in [-0.4, -0.2) is 23.3 Å². The summed E-state index contributed by atoms with van der Waals surface area (Å²) < 4.78 is 0. The lowest BCUT2D eigenvalue weighted by Gasteiger charge is -2.33. The average molecular weight is 227 g/mol. The van der Waals surface area contributed by atoms with E-state index in [9.17, 15) is 5.11 Å². The molecule has 0 heterocycles. The molecule has 0 aromatic rings. The zero-order valence-electron chi connectivity index (χ0n) is 11.4. The molecule has 3 unspecified atom stereocenters. The third-order valence-electron chi connectivity index (χ3n) is 3.70. The Kier molecular flexibility index (Phi) is 5.26. The summed E-state index contributed by atoms with van der Waals surface area (Å²) in [6, 6.07) is 0.618. The molecule has 0 bridgehead atoms. The van der Waals surface area contributed by atoms with Crippen LogP contribution in [0.2, 0.25) is 0 Å². The molecule has 16 heavy (non-hydrogen) atoms. The first-order valence-corrected chi connectivity index (χ1v) is 6.86. The minimum absolute atomic E-state index is 0.550. The summed E-state index contributed by atoms with van der Waals surface area (Å²) in [5, 5.41) is 13.8. The Bertz CT molecular complexity index is 201. The van der Waals surface area contributed by atoms with Gasteiger partial charge in [0.15, 0.2) is 0 Å². The number of rotatable bonds is 5. The maximum atomic E-state index is 10.2.